The van der Waals surface area contributed by atoms with Gasteiger partial charge in [0.25, 0.3) is 0 Å². The van der Waals surface area contributed by atoms with Crippen molar-refractivity contribution in [3.05, 3.63) is 42.1 Å². The molecule has 1 aliphatic heterocycles. The van der Waals surface area contributed by atoms with Gasteiger partial charge in [-0.05, 0) is 25.0 Å². The third kappa shape index (κ3) is 3.17. The van der Waals surface area contributed by atoms with Crippen molar-refractivity contribution in [2.45, 2.75) is 18.9 Å². The Morgan fingerprint density at radius 3 is 3.04 bits per heavy atom. The van der Waals surface area contributed by atoms with Crippen molar-refractivity contribution in [1.29, 1.82) is 0 Å². The Labute approximate surface area is 160 Å². The van der Waals surface area contributed by atoms with Gasteiger partial charge in [-0.2, -0.15) is 5.10 Å². The molecule has 0 radical (unpaired) electrons. The van der Waals surface area contributed by atoms with Crippen LogP contribution in [0.4, 0.5) is 15.0 Å². The normalized spacial score (nSPS) is 16.4. The van der Waals surface area contributed by atoms with Gasteiger partial charge >= 0.3 is 6.09 Å². The van der Waals surface area contributed by atoms with Gasteiger partial charge in [-0.25, -0.2) is 23.7 Å². The second-order valence-corrected chi connectivity index (χ2v) is 6.31. The Morgan fingerprint density at radius 2 is 2.25 bits per heavy atom. The number of rotatable bonds is 4. The topological polar surface area (TPSA) is 93.9 Å². The Morgan fingerprint density at radius 1 is 1.39 bits per heavy atom. The monoisotopic (exact) mass is 386 g/mol. The van der Waals surface area contributed by atoms with Crippen molar-refractivity contribution in [3.63, 3.8) is 0 Å². The van der Waals surface area contributed by atoms with Crippen LogP contribution in [-0.2, 0) is 0 Å². The van der Waals surface area contributed by atoms with Crippen LogP contribution in [0.15, 0.2) is 30.7 Å². The molecular formula is C18H19FN6O3. The predicted molar refractivity (Wildman–Crippen MR) is 98.1 cm³/mol. The number of methoxy groups -OCH3 is 1. The summed E-state index contributed by atoms with van der Waals surface area (Å²) >= 11 is 0. The molecule has 10 heteroatoms. The molecule has 1 atom stereocenters. The molecular weight excluding hydrogens is 367 g/mol. The van der Waals surface area contributed by atoms with Crippen LogP contribution in [0.3, 0.4) is 0 Å². The summed E-state index contributed by atoms with van der Waals surface area (Å²) in [5, 5.41) is 6.53. The van der Waals surface area contributed by atoms with Gasteiger partial charge in [-0.1, -0.05) is 0 Å². The fraction of sp³-hybridized carbons (Fsp3) is 0.333. The SMILES string of the molecule is CNC(=O)Oc1cnn2ccc(N3CCC[C@@H]3c3cc(F)cnc3OC)nc12. The Kier molecular flexibility index (Phi) is 4.68. The van der Waals surface area contributed by atoms with Crippen molar-refractivity contribution < 1.29 is 18.7 Å². The van der Waals surface area contributed by atoms with Crippen LogP contribution in [0.2, 0.25) is 0 Å². The molecule has 3 aromatic heterocycles. The van der Waals surface area contributed by atoms with Gasteiger partial charge in [-0.3, -0.25) is 0 Å². The van der Waals surface area contributed by atoms with Gasteiger partial charge in [-0.15, -0.1) is 0 Å². The van der Waals surface area contributed by atoms with Gasteiger partial charge in [0.05, 0.1) is 25.5 Å². The average Bonchev–Trinajstić information content (AvgIpc) is 3.35. The second kappa shape index (κ2) is 7.29. The number of amides is 1. The third-order valence-corrected chi connectivity index (χ3v) is 4.67. The second-order valence-electron chi connectivity index (χ2n) is 6.31. The zero-order valence-corrected chi connectivity index (χ0v) is 15.4. The number of anilines is 1. The van der Waals surface area contributed by atoms with Crippen molar-refractivity contribution in [2.75, 3.05) is 25.6 Å². The van der Waals surface area contributed by atoms with Crippen molar-refractivity contribution in [2.24, 2.45) is 0 Å². The largest absolute Gasteiger partial charge is 0.481 e. The molecule has 0 aromatic carbocycles. The molecule has 1 aliphatic rings. The van der Waals surface area contributed by atoms with Crippen LogP contribution in [0.1, 0.15) is 24.4 Å². The Bertz CT molecular complexity index is 1020. The van der Waals surface area contributed by atoms with E-state index < -0.39 is 11.9 Å². The molecule has 0 spiro atoms. The summed E-state index contributed by atoms with van der Waals surface area (Å²) in [5.74, 6) is 0.904. The molecule has 9 nitrogen and oxygen atoms in total. The van der Waals surface area contributed by atoms with E-state index in [1.165, 1.54) is 30.9 Å². The molecule has 3 aromatic rings. The van der Waals surface area contributed by atoms with E-state index in [0.717, 1.165) is 25.6 Å². The van der Waals surface area contributed by atoms with Crippen molar-refractivity contribution in [3.8, 4) is 11.6 Å². The lowest BCUT2D eigenvalue weighted by Crippen LogP contribution is -2.25. The summed E-state index contributed by atoms with van der Waals surface area (Å²) in [6.45, 7) is 0.743. The maximum absolute atomic E-state index is 13.8. The molecule has 1 N–H and O–H groups in total. The summed E-state index contributed by atoms with van der Waals surface area (Å²) in [6, 6.07) is 3.15. The van der Waals surface area contributed by atoms with E-state index in [1.54, 1.807) is 6.20 Å². The van der Waals surface area contributed by atoms with E-state index in [9.17, 15) is 9.18 Å². The van der Waals surface area contributed by atoms with Crippen LogP contribution < -0.4 is 19.7 Å². The molecule has 0 aliphatic carbocycles. The zero-order valence-electron chi connectivity index (χ0n) is 15.4. The number of hydrogen-bond donors (Lipinski definition) is 1. The number of nitrogens with zero attached hydrogens (tertiary/aromatic N) is 5. The molecule has 1 fully saturated rings. The van der Waals surface area contributed by atoms with Gasteiger partial charge in [0.15, 0.2) is 5.75 Å². The highest BCUT2D eigenvalue weighted by Gasteiger charge is 2.31. The van der Waals surface area contributed by atoms with Crippen molar-refractivity contribution >= 4 is 17.6 Å². The lowest BCUT2D eigenvalue weighted by Gasteiger charge is -2.26. The van der Waals surface area contributed by atoms with Gasteiger partial charge in [0.1, 0.15) is 11.6 Å². The first kappa shape index (κ1) is 18.0. The Balaban J connectivity index is 1.71. The molecule has 146 valence electrons. The first-order chi connectivity index (χ1) is 13.6. The molecule has 4 heterocycles. The number of halogens is 1. The number of carbonyl (C=O) groups excluding carboxylic acids is 1. The number of carbonyl (C=O) groups is 1. The van der Waals surface area contributed by atoms with Crippen LogP contribution >= 0.6 is 0 Å². The van der Waals surface area contributed by atoms with E-state index >= 15 is 0 Å². The summed E-state index contributed by atoms with van der Waals surface area (Å²) < 4.78 is 25.9. The van der Waals surface area contributed by atoms with Gasteiger partial charge in [0.2, 0.25) is 11.5 Å². The summed E-state index contributed by atoms with van der Waals surface area (Å²) in [7, 11) is 2.99. The summed E-state index contributed by atoms with van der Waals surface area (Å²) in [5.41, 5.74) is 1.09. The number of hydrogen-bond acceptors (Lipinski definition) is 7. The highest BCUT2D eigenvalue weighted by atomic mass is 19.1. The lowest BCUT2D eigenvalue weighted by molar-refractivity contribution is 0.203. The highest BCUT2D eigenvalue weighted by Crippen LogP contribution is 2.39. The quantitative estimate of drug-likeness (QED) is 0.735. The minimum Gasteiger partial charge on any atom is -0.481 e. The molecule has 0 bridgehead atoms. The fourth-order valence-corrected chi connectivity index (χ4v) is 3.44. The maximum Gasteiger partial charge on any atom is 0.412 e. The molecule has 1 saturated heterocycles. The molecule has 1 amide bonds. The average molecular weight is 386 g/mol. The summed E-state index contributed by atoms with van der Waals surface area (Å²) in [6.07, 6.45) is 5.44. The summed E-state index contributed by atoms with van der Waals surface area (Å²) in [4.78, 5) is 22.3. The number of fused-ring (bicyclic) bond motifs is 1. The van der Waals surface area contributed by atoms with Gasteiger partial charge < -0.3 is 19.7 Å². The van der Waals surface area contributed by atoms with Crippen LogP contribution in [0.5, 0.6) is 11.6 Å². The highest BCUT2D eigenvalue weighted by molar-refractivity contribution is 5.73. The molecule has 0 saturated carbocycles. The minimum absolute atomic E-state index is 0.126. The fourth-order valence-electron chi connectivity index (χ4n) is 3.44. The van der Waals surface area contributed by atoms with Crippen LogP contribution in [0, 0.1) is 5.82 Å². The first-order valence-electron chi connectivity index (χ1n) is 8.80. The smallest absolute Gasteiger partial charge is 0.412 e. The first-order valence-corrected chi connectivity index (χ1v) is 8.80. The number of nitrogens with one attached hydrogen (secondary N) is 1. The third-order valence-electron chi connectivity index (χ3n) is 4.67. The van der Waals surface area contributed by atoms with E-state index in [1.807, 2.05) is 6.07 Å². The molecule has 28 heavy (non-hydrogen) atoms. The van der Waals surface area contributed by atoms with Crippen LogP contribution in [-0.4, -0.2) is 46.4 Å². The van der Waals surface area contributed by atoms with Crippen molar-refractivity contribution in [1.82, 2.24) is 24.9 Å². The van der Waals surface area contributed by atoms with Crippen LogP contribution in [0.25, 0.3) is 5.65 Å². The molecule has 0 unspecified atom stereocenters. The molecule has 4 rings (SSSR count). The lowest BCUT2D eigenvalue weighted by atomic mass is 10.1. The maximum atomic E-state index is 13.8. The van der Waals surface area contributed by atoms with E-state index in [4.69, 9.17) is 9.47 Å². The standard InChI is InChI=1S/C18H19FN6O3/c1-20-18(26)28-14-10-22-25-7-5-15(23-16(14)25)24-6-3-4-13(24)12-8-11(19)9-21-17(12)27-2/h5,7-10,13H,3-4,6H2,1-2H3,(H,20,26)/t13-/m1/s1. The van der Waals surface area contributed by atoms with Gasteiger partial charge in [0, 0.05) is 25.4 Å². The zero-order chi connectivity index (χ0) is 19.7. The van der Waals surface area contributed by atoms with E-state index in [0.29, 0.717) is 22.9 Å². The Hall–Kier alpha value is -3.43. The number of pyridine rings is 1. The number of ether oxygens (including phenoxy) is 2. The van der Waals surface area contributed by atoms with E-state index in [2.05, 4.69) is 25.3 Å². The number of aromatic nitrogens is 4. The predicted octanol–water partition coefficient (Wildman–Crippen LogP) is 2.33. The van der Waals surface area contributed by atoms with E-state index in [-0.39, 0.29) is 11.8 Å². The minimum atomic E-state index is -0.600.